The molecule has 0 aliphatic carbocycles. The van der Waals surface area contributed by atoms with Crippen LogP contribution in [0, 0.1) is 0 Å². The van der Waals surface area contributed by atoms with Gasteiger partial charge in [0.1, 0.15) is 11.2 Å². The molecule has 3 rings (SSSR count). The zero-order valence-electron chi connectivity index (χ0n) is 9.47. The fourth-order valence-corrected chi connectivity index (χ4v) is 2.24. The van der Waals surface area contributed by atoms with E-state index >= 15 is 0 Å². The summed E-state index contributed by atoms with van der Waals surface area (Å²) < 4.78 is 8.77. The molecule has 86 valence electrons. The molecule has 3 aromatic rings. The molecule has 1 unspecified atom stereocenters. The van der Waals surface area contributed by atoms with E-state index in [4.69, 9.17) is 4.42 Å². The molecule has 1 aromatic heterocycles. The number of para-hydroxylation sites is 1. The van der Waals surface area contributed by atoms with Crippen molar-refractivity contribution in [3.05, 3.63) is 48.0 Å². The van der Waals surface area contributed by atoms with Gasteiger partial charge in [0.15, 0.2) is 0 Å². The van der Waals surface area contributed by atoms with Gasteiger partial charge in [0.25, 0.3) is 0 Å². The van der Waals surface area contributed by atoms with Crippen LogP contribution in [0.2, 0.25) is 0 Å². The molecule has 0 saturated carbocycles. The van der Waals surface area contributed by atoms with Gasteiger partial charge in [-0.3, -0.25) is 4.72 Å². The van der Waals surface area contributed by atoms with Crippen LogP contribution < -0.4 is 4.72 Å². The van der Waals surface area contributed by atoms with E-state index in [2.05, 4.69) is 48.7 Å². The molecule has 1 heterocycles. The van der Waals surface area contributed by atoms with E-state index < -0.39 is 0 Å². The normalized spacial score (nSPS) is 13.3. The van der Waals surface area contributed by atoms with Crippen LogP contribution in [-0.4, -0.2) is 0 Å². The highest BCUT2D eigenvalue weighted by molar-refractivity contribution is 7.78. The minimum absolute atomic E-state index is 0.205. The standard InChI is InChI=1S/C14H13NOS/c1-9(15-17)10-6-7-12-11-4-2-3-5-13(11)16-14(12)8-10/h2-9,15,17H,1H3. The molecule has 1 N–H and O–H groups in total. The van der Waals surface area contributed by atoms with Crippen molar-refractivity contribution in [1.82, 2.24) is 4.72 Å². The van der Waals surface area contributed by atoms with E-state index in [9.17, 15) is 0 Å². The second kappa shape index (κ2) is 4.09. The Morgan fingerprint density at radius 1 is 1.06 bits per heavy atom. The lowest BCUT2D eigenvalue weighted by atomic mass is 10.1. The Balaban J connectivity index is 2.26. The van der Waals surface area contributed by atoms with E-state index in [0.29, 0.717) is 0 Å². The molecule has 2 nitrogen and oxygen atoms in total. The average Bonchev–Trinajstić information content (AvgIpc) is 2.75. The van der Waals surface area contributed by atoms with Crippen LogP contribution >= 0.6 is 12.8 Å². The van der Waals surface area contributed by atoms with Crippen molar-refractivity contribution in [2.24, 2.45) is 0 Å². The lowest BCUT2D eigenvalue weighted by molar-refractivity contribution is 0.665. The van der Waals surface area contributed by atoms with Crippen LogP contribution in [0.3, 0.4) is 0 Å². The third kappa shape index (κ3) is 1.72. The van der Waals surface area contributed by atoms with Gasteiger partial charge < -0.3 is 4.42 Å². The van der Waals surface area contributed by atoms with Crippen LogP contribution in [0.4, 0.5) is 0 Å². The fourth-order valence-electron chi connectivity index (χ4n) is 2.09. The summed E-state index contributed by atoms with van der Waals surface area (Å²) in [6.45, 7) is 2.07. The summed E-state index contributed by atoms with van der Waals surface area (Å²) in [5.41, 5.74) is 3.04. The predicted molar refractivity (Wildman–Crippen MR) is 74.3 cm³/mol. The molecular weight excluding hydrogens is 230 g/mol. The van der Waals surface area contributed by atoms with Gasteiger partial charge >= 0.3 is 0 Å². The largest absolute Gasteiger partial charge is 0.456 e. The van der Waals surface area contributed by atoms with Gasteiger partial charge in [-0.1, -0.05) is 43.1 Å². The number of fused-ring (bicyclic) bond motifs is 3. The zero-order valence-corrected chi connectivity index (χ0v) is 10.4. The van der Waals surface area contributed by atoms with Crippen molar-refractivity contribution in [1.29, 1.82) is 0 Å². The number of thiol groups is 1. The molecule has 0 bridgehead atoms. The van der Waals surface area contributed by atoms with E-state index in [1.807, 2.05) is 18.2 Å². The smallest absolute Gasteiger partial charge is 0.135 e. The summed E-state index contributed by atoms with van der Waals surface area (Å²) in [6.07, 6.45) is 0. The molecule has 0 amide bonds. The minimum atomic E-state index is 0.205. The Bertz CT molecular complexity index is 674. The van der Waals surface area contributed by atoms with Crippen molar-refractivity contribution in [3.8, 4) is 0 Å². The third-order valence-electron chi connectivity index (χ3n) is 3.10. The van der Waals surface area contributed by atoms with Crippen molar-refractivity contribution >= 4 is 34.8 Å². The first kappa shape index (κ1) is 10.7. The quantitative estimate of drug-likeness (QED) is 0.663. The summed E-state index contributed by atoms with van der Waals surface area (Å²) in [7, 11) is 0. The Morgan fingerprint density at radius 2 is 1.82 bits per heavy atom. The fraction of sp³-hybridized carbons (Fsp3) is 0.143. The van der Waals surface area contributed by atoms with Crippen LogP contribution in [0.15, 0.2) is 46.9 Å². The van der Waals surface area contributed by atoms with Gasteiger partial charge in [-0.2, -0.15) is 0 Å². The van der Waals surface area contributed by atoms with Crippen molar-refractivity contribution in [3.63, 3.8) is 0 Å². The maximum absolute atomic E-state index is 5.84. The highest BCUT2D eigenvalue weighted by Crippen LogP contribution is 2.30. The lowest BCUT2D eigenvalue weighted by Gasteiger charge is -2.08. The first-order valence-corrected chi connectivity index (χ1v) is 6.05. The Labute approximate surface area is 105 Å². The van der Waals surface area contributed by atoms with Crippen molar-refractivity contribution in [2.75, 3.05) is 0 Å². The molecule has 3 heteroatoms. The Hall–Kier alpha value is -1.45. The molecule has 0 aliphatic rings. The van der Waals surface area contributed by atoms with Crippen molar-refractivity contribution < 1.29 is 4.42 Å². The number of nitrogens with one attached hydrogen (secondary N) is 1. The van der Waals surface area contributed by atoms with Crippen LogP contribution in [0.1, 0.15) is 18.5 Å². The summed E-state index contributed by atoms with van der Waals surface area (Å²) in [6, 6.07) is 14.6. The number of rotatable bonds is 2. The van der Waals surface area contributed by atoms with Crippen LogP contribution in [0.5, 0.6) is 0 Å². The van der Waals surface area contributed by atoms with E-state index in [0.717, 1.165) is 16.6 Å². The van der Waals surface area contributed by atoms with Gasteiger partial charge in [0.2, 0.25) is 0 Å². The molecule has 0 saturated heterocycles. The number of benzene rings is 2. The molecule has 0 fully saturated rings. The van der Waals surface area contributed by atoms with Crippen LogP contribution in [0.25, 0.3) is 21.9 Å². The van der Waals surface area contributed by atoms with Gasteiger partial charge in [0, 0.05) is 16.8 Å². The topological polar surface area (TPSA) is 25.2 Å². The highest BCUT2D eigenvalue weighted by Gasteiger charge is 2.09. The summed E-state index contributed by atoms with van der Waals surface area (Å²) >= 11 is 4.09. The van der Waals surface area contributed by atoms with Gasteiger partial charge in [-0.05, 0) is 24.6 Å². The molecule has 0 radical (unpaired) electrons. The second-order valence-electron chi connectivity index (χ2n) is 4.20. The van der Waals surface area contributed by atoms with E-state index in [-0.39, 0.29) is 6.04 Å². The summed E-state index contributed by atoms with van der Waals surface area (Å²) in [4.78, 5) is 0. The second-order valence-corrected chi connectivity index (χ2v) is 4.46. The monoisotopic (exact) mass is 243 g/mol. The van der Waals surface area contributed by atoms with Crippen LogP contribution in [-0.2, 0) is 0 Å². The number of furan rings is 1. The van der Waals surface area contributed by atoms with E-state index in [1.54, 1.807) is 0 Å². The number of hydrogen-bond donors (Lipinski definition) is 2. The number of hydrogen-bond acceptors (Lipinski definition) is 3. The molecule has 0 aliphatic heterocycles. The van der Waals surface area contributed by atoms with Gasteiger partial charge in [-0.25, -0.2) is 0 Å². The molecule has 0 spiro atoms. The van der Waals surface area contributed by atoms with Gasteiger partial charge in [0.05, 0.1) is 0 Å². The third-order valence-corrected chi connectivity index (χ3v) is 3.48. The van der Waals surface area contributed by atoms with Crippen molar-refractivity contribution in [2.45, 2.75) is 13.0 Å². The SMILES string of the molecule is CC(NS)c1ccc2c(c1)oc1ccccc12. The molecular formula is C14H13NOS. The summed E-state index contributed by atoms with van der Waals surface area (Å²) in [5, 5.41) is 2.33. The first-order chi connectivity index (χ1) is 8.29. The maximum Gasteiger partial charge on any atom is 0.135 e. The zero-order chi connectivity index (χ0) is 11.8. The molecule has 1 atom stereocenters. The lowest BCUT2D eigenvalue weighted by Crippen LogP contribution is -2.06. The Kier molecular flexibility index (Phi) is 2.57. The molecule has 2 aromatic carbocycles. The minimum Gasteiger partial charge on any atom is -0.456 e. The van der Waals surface area contributed by atoms with E-state index in [1.165, 1.54) is 10.9 Å². The first-order valence-electron chi connectivity index (χ1n) is 5.60. The maximum atomic E-state index is 5.84. The highest BCUT2D eigenvalue weighted by atomic mass is 32.1. The molecule has 17 heavy (non-hydrogen) atoms. The average molecular weight is 243 g/mol. The predicted octanol–water partition coefficient (Wildman–Crippen LogP) is 4.08. The summed E-state index contributed by atoms with van der Waals surface area (Å²) in [5.74, 6) is 0. The Morgan fingerprint density at radius 3 is 2.65 bits per heavy atom. The van der Waals surface area contributed by atoms with Gasteiger partial charge in [-0.15, -0.1) is 0 Å².